The van der Waals surface area contributed by atoms with Crippen LogP contribution in [0.1, 0.15) is 5.56 Å². The molecule has 1 aliphatic heterocycles. The molecule has 56 valence electrons. The molecule has 1 aliphatic rings. The lowest BCUT2D eigenvalue weighted by molar-refractivity contribution is 0.473. The van der Waals surface area contributed by atoms with Gasteiger partial charge in [-0.25, -0.2) is 4.40 Å². The number of benzene rings is 1. The molecule has 3 heteroatoms. The van der Waals surface area contributed by atoms with Crippen molar-refractivity contribution in [1.82, 2.24) is 0 Å². The number of fused-ring (bicyclic) bond motifs is 1. The average molecular weight is 165 g/mol. The normalized spacial score (nSPS) is 14.5. The highest BCUT2D eigenvalue weighted by Gasteiger charge is 2.06. The molecule has 0 radical (unpaired) electrons. The fraction of sp³-hybridized carbons (Fsp3) is 0.125. The lowest BCUT2D eigenvalue weighted by atomic mass is 10.1. The van der Waals surface area contributed by atoms with Crippen molar-refractivity contribution in [3.8, 4) is 5.75 Å². The van der Waals surface area contributed by atoms with Crippen LogP contribution < -0.4 is 0 Å². The van der Waals surface area contributed by atoms with Gasteiger partial charge in [-0.15, -0.1) is 0 Å². The third-order valence-corrected chi connectivity index (χ3v) is 2.42. The van der Waals surface area contributed by atoms with Crippen LogP contribution in [0.5, 0.6) is 5.75 Å². The minimum Gasteiger partial charge on any atom is -0.508 e. The summed E-state index contributed by atoms with van der Waals surface area (Å²) in [7, 11) is 0. The summed E-state index contributed by atoms with van der Waals surface area (Å²) in [6.07, 6.45) is 2.76. The quantitative estimate of drug-likeness (QED) is 0.596. The van der Waals surface area contributed by atoms with Gasteiger partial charge in [0.1, 0.15) is 5.75 Å². The molecule has 11 heavy (non-hydrogen) atoms. The molecule has 1 aromatic carbocycles. The second-order valence-electron chi connectivity index (χ2n) is 2.38. The summed E-state index contributed by atoms with van der Waals surface area (Å²) in [5.74, 6) is 0.313. The summed E-state index contributed by atoms with van der Waals surface area (Å²) in [4.78, 5) is 1.06. The molecule has 0 fully saturated rings. The first-order valence-electron chi connectivity index (χ1n) is 3.37. The van der Waals surface area contributed by atoms with Crippen LogP contribution in [0.15, 0.2) is 27.5 Å². The topological polar surface area (TPSA) is 32.6 Å². The molecule has 2 rings (SSSR count). The van der Waals surface area contributed by atoms with Crippen LogP contribution in [0.3, 0.4) is 0 Å². The number of phenols is 1. The molecular weight excluding hydrogens is 158 g/mol. The number of hydrogen-bond acceptors (Lipinski definition) is 3. The fourth-order valence-electron chi connectivity index (χ4n) is 1.03. The van der Waals surface area contributed by atoms with E-state index in [1.54, 1.807) is 12.1 Å². The molecule has 0 saturated heterocycles. The van der Waals surface area contributed by atoms with E-state index < -0.39 is 0 Å². The molecule has 0 bridgehead atoms. The Bertz CT molecular complexity index is 309. The Morgan fingerprint density at radius 2 is 2.36 bits per heavy atom. The lowest BCUT2D eigenvalue weighted by Crippen LogP contribution is -1.92. The SMILES string of the molecule is Oc1ccc2c(c1)SN=CC2. The zero-order valence-corrected chi connectivity index (χ0v) is 6.64. The molecule has 0 saturated carbocycles. The van der Waals surface area contributed by atoms with Gasteiger partial charge in [-0.05, 0) is 17.7 Å². The Labute approximate surface area is 69.1 Å². The van der Waals surface area contributed by atoms with Gasteiger partial charge in [-0.2, -0.15) is 0 Å². The summed E-state index contributed by atoms with van der Waals surface area (Å²) in [5, 5.41) is 9.12. The minimum absolute atomic E-state index is 0.313. The van der Waals surface area contributed by atoms with E-state index >= 15 is 0 Å². The molecule has 1 N–H and O–H groups in total. The van der Waals surface area contributed by atoms with Gasteiger partial charge >= 0.3 is 0 Å². The molecule has 0 aromatic heterocycles. The Hall–Kier alpha value is -0.960. The Balaban J connectivity index is 2.48. The lowest BCUT2D eigenvalue weighted by Gasteiger charge is -2.08. The third kappa shape index (κ3) is 1.24. The molecule has 1 heterocycles. The highest BCUT2D eigenvalue weighted by atomic mass is 32.2. The number of hydrogen-bond donors (Lipinski definition) is 1. The van der Waals surface area contributed by atoms with Crippen LogP contribution in [0, 0.1) is 0 Å². The Morgan fingerprint density at radius 1 is 1.45 bits per heavy atom. The van der Waals surface area contributed by atoms with E-state index in [-0.39, 0.29) is 0 Å². The number of nitrogens with zero attached hydrogens (tertiary/aromatic N) is 1. The highest BCUT2D eigenvalue weighted by Crippen LogP contribution is 2.29. The predicted molar refractivity (Wildman–Crippen MR) is 46.2 cm³/mol. The molecule has 0 amide bonds. The van der Waals surface area contributed by atoms with E-state index in [1.807, 2.05) is 12.3 Å². The first-order valence-corrected chi connectivity index (χ1v) is 4.14. The van der Waals surface area contributed by atoms with Crippen LogP contribution in [-0.2, 0) is 6.42 Å². The number of rotatable bonds is 0. The largest absolute Gasteiger partial charge is 0.508 e. The summed E-state index contributed by atoms with van der Waals surface area (Å²) >= 11 is 1.41. The standard InChI is InChI=1S/C8H7NOS/c10-7-2-1-6-3-4-9-11-8(6)5-7/h1-2,4-5,10H,3H2. The van der Waals surface area contributed by atoms with Crippen molar-refractivity contribution in [1.29, 1.82) is 0 Å². The zero-order chi connectivity index (χ0) is 7.68. The van der Waals surface area contributed by atoms with Crippen LogP contribution in [0.4, 0.5) is 0 Å². The average Bonchev–Trinajstić information content (AvgIpc) is 2.04. The van der Waals surface area contributed by atoms with Crippen molar-refractivity contribution < 1.29 is 5.11 Å². The van der Waals surface area contributed by atoms with Gasteiger partial charge in [0.25, 0.3) is 0 Å². The summed E-state index contributed by atoms with van der Waals surface area (Å²) in [6, 6.07) is 5.39. The second kappa shape index (κ2) is 2.58. The van der Waals surface area contributed by atoms with Crippen LogP contribution in [0.2, 0.25) is 0 Å². The van der Waals surface area contributed by atoms with Gasteiger partial charge in [0, 0.05) is 29.5 Å². The van der Waals surface area contributed by atoms with Crippen molar-refractivity contribution in [3.63, 3.8) is 0 Å². The van der Waals surface area contributed by atoms with Gasteiger partial charge in [-0.1, -0.05) is 6.07 Å². The van der Waals surface area contributed by atoms with E-state index in [2.05, 4.69) is 4.40 Å². The molecular formula is C8H7NOS. The maximum absolute atomic E-state index is 9.12. The molecule has 0 spiro atoms. The Kier molecular flexibility index (Phi) is 1.58. The maximum Gasteiger partial charge on any atom is 0.116 e. The van der Waals surface area contributed by atoms with Crippen LogP contribution in [0.25, 0.3) is 0 Å². The predicted octanol–water partition coefficient (Wildman–Crippen LogP) is 2.03. The first-order chi connectivity index (χ1) is 5.36. The third-order valence-electron chi connectivity index (χ3n) is 1.59. The van der Waals surface area contributed by atoms with Crippen molar-refractivity contribution in [2.75, 3.05) is 0 Å². The highest BCUT2D eigenvalue weighted by molar-refractivity contribution is 7.98. The molecule has 2 nitrogen and oxygen atoms in total. The van der Waals surface area contributed by atoms with Gasteiger partial charge in [0.2, 0.25) is 0 Å². The zero-order valence-electron chi connectivity index (χ0n) is 5.82. The van der Waals surface area contributed by atoms with Gasteiger partial charge < -0.3 is 5.11 Å². The molecule has 0 unspecified atom stereocenters. The molecule has 0 atom stereocenters. The summed E-state index contributed by atoms with van der Waals surface area (Å²) in [5.41, 5.74) is 1.24. The number of aromatic hydroxyl groups is 1. The number of phenolic OH excluding ortho intramolecular Hbond substituents is 1. The monoisotopic (exact) mass is 165 g/mol. The minimum atomic E-state index is 0.313. The van der Waals surface area contributed by atoms with E-state index in [0.29, 0.717) is 5.75 Å². The van der Waals surface area contributed by atoms with E-state index in [4.69, 9.17) is 5.11 Å². The summed E-state index contributed by atoms with van der Waals surface area (Å²) < 4.78 is 4.04. The van der Waals surface area contributed by atoms with Crippen molar-refractivity contribution >= 4 is 18.2 Å². The fourth-order valence-corrected chi connectivity index (χ4v) is 1.73. The van der Waals surface area contributed by atoms with E-state index in [9.17, 15) is 0 Å². The van der Waals surface area contributed by atoms with Crippen molar-refractivity contribution in [2.24, 2.45) is 4.40 Å². The first kappa shape index (κ1) is 6.73. The molecule has 0 aliphatic carbocycles. The van der Waals surface area contributed by atoms with Gasteiger partial charge in [0.15, 0.2) is 0 Å². The maximum atomic E-state index is 9.12. The Morgan fingerprint density at radius 3 is 3.27 bits per heavy atom. The van der Waals surface area contributed by atoms with Crippen LogP contribution in [-0.4, -0.2) is 11.3 Å². The summed E-state index contributed by atoms with van der Waals surface area (Å²) in [6.45, 7) is 0. The van der Waals surface area contributed by atoms with E-state index in [0.717, 1.165) is 11.3 Å². The molecule has 1 aromatic rings. The smallest absolute Gasteiger partial charge is 0.116 e. The van der Waals surface area contributed by atoms with Crippen LogP contribution >= 0.6 is 11.9 Å². The second-order valence-corrected chi connectivity index (χ2v) is 3.21. The van der Waals surface area contributed by atoms with E-state index in [1.165, 1.54) is 17.5 Å². The van der Waals surface area contributed by atoms with Gasteiger partial charge in [-0.3, -0.25) is 0 Å². The van der Waals surface area contributed by atoms with Gasteiger partial charge in [0.05, 0.1) is 0 Å². The van der Waals surface area contributed by atoms with Crippen molar-refractivity contribution in [3.05, 3.63) is 23.8 Å². The van der Waals surface area contributed by atoms with Crippen molar-refractivity contribution in [2.45, 2.75) is 11.3 Å².